The summed E-state index contributed by atoms with van der Waals surface area (Å²) < 4.78 is 0. The lowest BCUT2D eigenvalue weighted by atomic mass is 9.96. The third-order valence-electron chi connectivity index (χ3n) is 4.16. The molecule has 1 amide bonds. The van der Waals surface area contributed by atoms with Crippen LogP contribution in [0.3, 0.4) is 0 Å². The zero-order valence-electron chi connectivity index (χ0n) is 13.2. The summed E-state index contributed by atoms with van der Waals surface area (Å²) >= 11 is 0. The van der Waals surface area contributed by atoms with Crippen molar-refractivity contribution in [2.75, 3.05) is 36.5 Å². The number of anilines is 2. The Morgan fingerprint density at radius 3 is 2.67 bits per heavy atom. The summed E-state index contributed by atoms with van der Waals surface area (Å²) in [6.45, 7) is 0.772. The highest BCUT2D eigenvalue weighted by Crippen LogP contribution is 2.33. The second-order valence-electron chi connectivity index (χ2n) is 5.84. The molecule has 9 heteroatoms. The highest BCUT2D eigenvalue weighted by molar-refractivity contribution is 5.77. The summed E-state index contributed by atoms with van der Waals surface area (Å²) in [6.07, 6.45) is 0.223. The molecule has 1 aliphatic heterocycles. The van der Waals surface area contributed by atoms with E-state index in [1.54, 1.807) is 12.1 Å². The topological polar surface area (TPSA) is 142 Å². The zero-order valence-corrected chi connectivity index (χ0v) is 13.2. The molecule has 0 radical (unpaired) electrons. The predicted molar refractivity (Wildman–Crippen MR) is 88.8 cm³/mol. The maximum Gasteiger partial charge on any atom is 0.294 e. The second kappa shape index (κ2) is 7.93. The van der Waals surface area contributed by atoms with Crippen molar-refractivity contribution in [1.29, 1.82) is 0 Å². The van der Waals surface area contributed by atoms with E-state index in [1.165, 1.54) is 6.07 Å². The molecule has 9 nitrogen and oxygen atoms in total. The molecule has 1 unspecified atom stereocenters. The standard InChI is InChI=1S/C15H22N4O5/c16-15(22)10-3-5-18(6-4-10)13-2-1-11(7-14(13)19(23)24)17-8-12(21)9-20/h1-2,7,10,12,17,20-21H,3-6,8-9H2,(H2,16,22). The summed E-state index contributed by atoms with van der Waals surface area (Å²) in [6, 6.07) is 4.74. The van der Waals surface area contributed by atoms with Crippen molar-refractivity contribution in [3.63, 3.8) is 0 Å². The lowest BCUT2D eigenvalue weighted by molar-refractivity contribution is -0.384. The van der Waals surface area contributed by atoms with E-state index < -0.39 is 11.0 Å². The van der Waals surface area contributed by atoms with E-state index in [4.69, 9.17) is 10.8 Å². The fourth-order valence-electron chi connectivity index (χ4n) is 2.75. The number of piperidine rings is 1. The van der Waals surface area contributed by atoms with E-state index in [1.807, 2.05) is 4.90 Å². The number of nitro groups is 1. The van der Waals surface area contributed by atoms with Gasteiger partial charge in [0.1, 0.15) is 5.69 Å². The third-order valence-corrected chi connectivity index (χ3v) is 4.16. The van der Waals surface area contributed by atoms with Crippen LogP contribution in [0.15, 0.2) is 18.2 Å². The average Bonchev–Trinajstić information content (AvgIpc) is 2.59. The summed E-state index contributed by atoms with van der Waals surface area (Å²) in [5, 5.41) is 32.3. The highest BCUT2D eigenvalue weighted by Gasteiger charge is 2.27. The van der Waals surface area contributed by atoms with Crippen molar-refractivity contribution in [2.24, 2.45) is 11.7 Å². The van der Waals surface area contributed by atoms with Gasteiger partial charge in [-0.25, -0.2) is 0 Å². The van der Waals surface area contributed by atoms with Gasteiger partial charge in [0, 0.05) is 37.3 Å². The van der Waals surface area contributed by atoms with Crippen LogP contribution in [0.2, 0.25) is 0 Å². The molecule has 0 saturated carbocycles. The van der Waals surface area contributed by atoms with Gasteiger partial charge in [0.2, 0.25) is 5.91 Å². The molecule has 0 bridgehead atoms. The number of primary amides is 1. The SMILES string of the molecule is NC(=O)C1CCN(c2ccc(NCC(O)CO)cc2[N+](=O)[O-])CC1. The van der Waals surface area contributed by atoms with Crippen molar-refractivity contribution >= 4 is 23.0 Å². The Hall–Kier alpha value is -2.39. The normalized spacial score (nSPS) is 16.7. The van der Waals surface area contributed by atoms with Crippen molar-refractivity contribution < 1.29 is 19.9 Å². The summed E-state index contributed by atoms with van der Waals surface area (Å²) in [5.74, 6) is -0.507. The molecule has 5 N–H and O–H groups in total. The molecule has 2 rings (SSSR count). The number of nitrogens with two attached hydrogens (primary N) is 1. The molecule has 1 aromatic rings. The number of aliphatic hydroxyl groups is 2. The molecule has 0 aliphatic carbocycles. The maximum atomic E-state index is 11.4. The first-order valence-electron chi connectivity index (χ1n) is 7.78. The van der Waals surface area contributed by atoms with Gasteiger partial charge in [0.25, 0.3) is 5.69 Å². The predicted octanol–water partition coefficient (Wildman–Crippen LogP) is 0.0616. The fourth-order valence-corrected chi connectivity index (χ4v) is 2.75. The minimum absolute atomic E-state index is 0.0454. The van der Waals surface area contributed by atoms with E-state index in [2.05, 4.69) is 5.32 Å². The van der Waals surface area contributed by atoms with Gasteiger partial charge in [0.05, 0.1) is 17.6 Å². The number of nitro benzene ring substituents is 1. The van der Waals surface area contributed by atoms with Crippen LogP contribution in [-0.4, -0.2) is 53.4 Å². The average molecular weight is 338 g/mol. The van der Waals surface area contributed by atoms with E-state index in [0.717, 1.165) is 0 Å². The number of hydrogen-bond donors (Lipinski definition) is 4. The molecule has 1 heterocycles. The molecule has 1 aliphatic rings. The molecule has 1 fully saturated rings. The smallest absolute Gasteiger partial charge is 0.294 e. The van der Waals surface area contributed by atoms with Gasteiger partial charge in [-0.1, -0.05) is 0 Å². The van der Waals surface area contributed by atoms with Crippen LogP contribution in [0.25, 0.3) is 0 Å². The second-order valence-corrected chi connectivity index (χ2v) is 5.84. The molecule has 1 aromatic carbocycles. The Morgan fingerprint density at radius 1 is 1.46 bits per heavy atom. The quantitative estimate of drug-likeness (QED) is 0.407. The molecular formula is C15H22N4O5. The van der Waals surface area contributed by atoms with Gasteiger partial charge in [-0.05, 0) is 25.0 Å². The van der Waals surface area contributed by atoms with Crippen molar-refractivity contribution in [2.45, 2.75) is 18.9 Å². The lowest BCUT2D eigenvalue weighted by Gasteiger charge is -2.32. The van der Waals surface area contributed by atoms with Crippen LogP contribution in [0.5, 0.6) is 0 Å². The van der Waals surface area contributed by atoms with Gasteiger partial charge >= 0.3 is 0 Å². The lowest BCUT2D eigenvalue weighted by Crippen LogP contribution is -2.38. The maximum absolute atomic E-state index is 11.4. The minimum atomic E-state index is -0.934. The Morgan fingerprint density at radius 2 is 2.12 bits per heavy atom. The molecule has 1 saturated heterocycles. The molecule has 1 atom stereocenters. The Bertz CT molecular complexity index is 602. The van der Waals surface area contributed by atoms with Gasteiger partial charge in [0.15, 0.2) is 0 Å². The number of rotatable bonds is 7. The first kappa shape index (κ1) is 18.0. The van der Waals surface area contributed by atoms with Crippen LogP contribution in [-0.2, 0) is 4.79 Å². The number of carbonyl (C=O) groups excluding carboxylic acids is 1. The van der Waals surface area contributed by atoms with Crippen molar-refractivity contribution in [1.82, 2.24) is 0 Å². The Balaban J connectivity index is 2.12. The summed E-state index contributed by atoms with van der Waals surface area (Å²) in [7, 11) is 0. The van der Waals surface area contributed by atoms with Gasteiger partial charge in [-0.2, -0.15) is 0 Å². The van der Waals surface area contributed by atoms with Crippen molar-refractivity contribution in [3.05, 3.63) is 28.3 Å². The zero-order chi connectivity index (χ0) is 17.7. The van der Waals surface area contributed by atoms with E-state index in [-0.39, 0.29) is 30.7 Å². The molecule has 132 valence electrons. The Kier molecular flexibility index (Phi) is 5.93. The largest absolute Gasteiger partial charge is 0.394 e. The fraction of sp³-hybridized carbons (Fsp3) is 0.533. The number of benzene rings is 1. The number of carbonyl (C=O) groups is 1. The van der Waals surface area contributed by atoms with Gasteiger partial charge in [-0.3, -0.25) is 14.9 Å². The molecular weight excluding hydrogens is 316 g/mol. The van der Waals surface area contributed by atoms with E-state index >= 15 is 0 Å². The summed E-state index contributed by atoms with van der Waals surface area (Å²) in [5.41, 5.74) is 6.25. The van der Waals surface area contributed by atoms with E-state index in [0.29, 0.717) is 37.3 Å². The number of aliphatic hydroxyl groups excluding tert-OH is 2. The Labute approximate surface area is 139 Å². The van der Waals surface area contributed by atoms with Crippen LogP contribution < -0.4 is 16.0 Å². The summed E-state index contributed by atoms with van der Waals surface area (Å²) in [4.78, 5) is 24.0. The first-order valence-corrected chi connectivity index (χ1v) is 7.78. The number of amides is 1. The van der Waals surface area contributed by atoms with Crippen LogP contribution in [0.1, 0.15) is 12.8 Å². The molecule has 0 spiro atoms. The highest BCUT2D eigenvalue weighted by atomic mass is 16.6. The van der Waals surface area contributed by atoms with Crippen molar-refractivity contribution in [3.8, 4) is 0 Å². The van der Waals surface area contributed by atoms with Crippen LogP contribution in [0, 0.1) is 16.0 Å². The number of hydrogen-bond acceptors (Lipinski definition) is 7. The third kappa shape index (κ3) is 4.33. The molecule has 24 heavy (non-hydrogen) atoms. The van der Waals surface area contributed by atoms with Gasteiger partial charge < -0.3 is 26.2 Å². The van der Waals surface area contributed by atoms with Crippen LogP contribution >= 0.6 is 0 Å². The number of nitrogens with zero attached hydrogens (tertiary/aromatic N) is 2. The first-order chi connectivity index (χ1) is 11.4. The monoisotopic (exact) mass is 338 g/mol. The van der Waals surface area contributed by atoms with E-state index in [9.17, 15) is 20.0 Å². The van der Waals surface area contributed by atoms with Gasteiger partial charge in [-0.15, -0.1) is 0 Å². The molecule has 0 aromatic heterocycles. The van der Waals surface area contributed by atoms with Crippen LogP contribution in [0.4, 0.5) is 17.1 Å². The minimum Gasteiger partial charge on any atom is -0.394 e. The number of nitrogens with one attached hydrogen (secondary N) is 1.